The largest absolute Gasteiger partial charge is 0.497 e. The van der Waals surface area contributed by atoms with Crippen LogP contribution in [0, 0.1) is 23.7 Å². The number of methoxy groups -OCH3 is 2. The molecule has 5 rings (SSSR count). The predicted molar refractivity (Wildman–Crippen MR) is 165 cm³/mol. The van der Waals surface area contributed by atoms with Gasteiger partial charge in [-0.1, -0.05) is 36.9 Å². The van der Waals surface area contributed by atoms with Gasteiger partial charge in [0.25, 0.3) is 0 Å². The van der Waals surface area contributed by atoms with Gasteiger partial charge in [0, 0.05) is 28.6 Å². The van der Waals surface area contributed by atoms with E-state index < -0.39 is 5.92 Å². The molecule has 42 heavy (non-hydrogen) atoms. The van der Waals surface area contributed by atoms with Gasteiger partial charge in [0.1, 0.15) is 17.3 Å². The number of nitrogens with one attached hydrogen (secondary N) is 1. The minimum absolute atomic E-state index is 0.00837. The van der Waals surface area contributed by atoms with E-state index in [9.17, 15) is 14.9 Å². The lowest BCUT2D eigenvalue weighted by Crippen LogP contribution is -2.42. The molecule has 1 aromatic carbocycles. The summed E-state index contributed by atoms with van der Waals surface area (Å²) >= 11 is 4.01. The second kappa shape index (κ2) is 11.8. The van der Waals surface area contributed by atoms with E-state index in [1.807, 2.05) is 18.4 Å². The number of Topliss-reactive ketones (excluding diaryl/α,β-unsaturated/α-hetero) is 1. The molecular weight excluding hydrogens is 593 g/mol. The van der Waals surface area contributed by atoms with E-state index in [1.165, 1.54) is 41.5 Å². The maximum Gasteiger partial charge on any atom is 0.234 e. The van der Waals surface area contributed by atoms with Gasteiger partial charge in [-0.3, -0.25) is 14.5 Å². The summed E-state index contributed by atoms with van der Waals surface area (Å²) in [5.41, 5.74) is 9.63. The van der Waals surface area contributed by atoms with E-state index >= 15 is 0 Å². The second-order valence-electron chi connectivity index (χ2n) is 10.7. The number of carbonyl (C=O) groups excluding carboxylic acids is 2. The van der Waals surface area contributed by atoms with Crippen molar-refractivity contribution in [1.29, 1.82) is 5.26 Å². The van der Waals surface area contributed by atoms with Crippen LogP contribution in [0.3, 0.4) is 0 Å². The molecule has 218 valence electrons. The highest BCUT2D eigenvalue weighted by Crippen LogP contribution is 2.52. The molecule has 2 aromatic heterocycles. The number of nitriles is 1. The number of aromatic nitrogens is 2. The summed E-state index contributed by atoms with van der Waals surface area (Å²) in [7, 11) is 3.08. The van der Waals surface area contributed by atoms with Gasteiger partial charge in [-0.2, -0.15) is 5.26 Å². The van der Waals surface area contributed by atoms with Crippen LogP contribution in [0.15, 0.2) is 56.6 Å². The smallest absolute Gasteiger partial charge is 0.234 e. The molecule has 0 radical (unpaired) electrons. The molecule has 0 saturated heterocycles. The number of allylic oxidation sites excluding steroid dienone is 3. The van der Waals surface area contributed by atoms with Crippen molar-refractivity contribution in [2.75, 3.05) is 30.2 Å². The topological polar surface area (TPSA) is 143 Å². The first kappa shape index (κ1) is 29.6. The van der Waals surface area contributed by atoms with E-state index in [4.69, 9.17) is 15.2 Å². The number of ketones is 1. The maximum absolute atomic E-state index is 13.7. The number of thioether (sulfide) groups is 1. The number of rotatable bonds is 8. The van der Waals surface area contributed by atoms with Gasteiger partial charge in [0.15, 0.2) is 10.1 Å². The van der Waals surface area contributed by atoms with Crippen molar-refractivity contribution in [3.8, 4) is 17.6 Å². The highest BCUT2D eigenvalue weighted by molar-refractivity contribution is 8.01. The molecule has 3 heterocycles. The quantitative estimate of drug-likeness (QED) is 0.305. The Morgan fingerprint density at radius 2 is 2.05 bits per heavy atom. The van der Waals surface area contributed by atoms with Gasteiger partial charge in [0.05, 0.1) is 43.2 Å². The zero-order chi connectivity index (χ0) is 30.2. The number of benzene rings is 1. The van der Waals surface area contributed by atoms with Crippen molar-refractivity contribution >= 4 is 56.9 Å². The number of carbonyl (C=O) groups is 2. The normalized spacial score (nSPS) is 18.0. The van der Waals surface area contributed by atoms with Gasteiger partial charge < -0.3 is 20.5 Å². The molecule has 0 bridgehead atoms. The number of ether oxygens (including phenoxy) is 2. The Bertz CT molecular complexity index is 1670. The van der Waals surface area contributed by atoms with Gasteiger partial charge in [0.2, 0.25) is 11.0 Å². The predicted octanol–water partition coefficient (Wildman–Crippen LogP) is 5.60. The maximum atomic E-state index is 13.7. The van der Waals surface area contributed by atoms with Crippen LogP contribution in [-0.2, 0) is 9.59 Å². The van der Waals surface area contributed by atoms with Crippen molar-refractivity contribution in [2.45, 2.75) is 43.9 Å². The zero-order valence-electron chi connectivity index (χ0n) is 23.8. The molecule has 2 aliphatic rings. The molecule has 10 nitrogen and oxygen atoms in total. The molecule has 3 aromatic rings. The standard InChI is InChI=1S/C29H30N6O4S3/c1-15-8-9-40-25(15)23-17(13-30)26(31)35(19-11-29(2,3)12-20(36)24(19)23)27-33-34-28(42-27)41-14-22(37)32-18-7-6-16(38-4)10-21(18)39-5/h6-10,23H,11-12,14,31H2,1-5H3,(H,32,37). The molecule has 0 spiro atoms. The number of nitrogens with two attached hydrogens (primary N) is 1. The molecule has 13 heteroatoms. The first-order chi connectivity index (χ1) is 20.1. The molecule has 0 fully saturated rings. The van der Waals surface area contributed by atoms with Gasteiger partial charge >= 0.3 is 0 Å². The molecule has 0 saturated carbocycles. The molecule has 1 aliphatic carbocycles. The van der Waals surface area contributed by atoms with E-state index in [0.717, 1.165) is 16.1 Å². The highest BCUT2D eigenvalue weighted by atomic mass is 32.2. The third-order valence-corrected chi connectivity index (χ3v) is 10.3. The van der Waals surface area contributed by atoms with Crippen LogP contribution in [0.1, 0.15) is 43.0 Å². The summed E-state index contributed by atoms with van der Waals surface area (Å²) in [5.74, 6) is 0.678. The number of amides is 1. The zero-order valence-corrected chi connectivity index (χ0v) is 26.3. The third kappa shape index (κ3) is 5.62. The van der Waals surface area contributed by atoms with Crippen LogP contribution >= 0.6 is 34.4 Å². The Kier molecular flexibility index (Phi) is 8.32. The lowest BCUT2D eigenvalue weighted by Gasteiger charge is -2.42. The Morgan fingerprint density at radius 1 is 1.26 bits per heavy atom. The molecule has 1 unspecified atom stereocenters. The number of hydrogen-bond donors (Lipinski definition) is 2. The van der Waals surface area contributed by atoms with Crippen LogP contribution in [0.4, 0.5) is 10.8 Å². The molecular formula is C29H30N6O4S3. The van der Waals surface area contributed by atoms with E-state index in [2.05, 4.69) is 35.4 Å². The fourth-order valence-electron chi connectivity index (χ4n) is 5.24. The number of nitrogens with zero attached hydrogens (tertiary/aromatic N) is 4. The lowest BCUT2D eigenvalue weighted by molar-refractivity contribution is -0.118. The van der Waals surface area contributed by atoms with Crippen LogP contribution in [0.5, 0.6) is 11.5 Å². The Hall–Kier alpha value is -3.86. The van der Waals surface area contributed by atoms with Gasteiger partial charge in [-0.15, -0.1) is 21.5 Å². The monoisotopic (exact) mass is 622 g/mol. The van der Waals surface area contributed by atoms with E-state index in [0.29, 0.717) is 50.6 Å². The van der Waals surface area contributed by atoms with Crippen LogP contribution in [0.2, 0.25) is 0 Å². The first-order valence-corrected chi connectivity index (χ1v) is 15.7. The summed E-state index contributed by atoms with van der Waals surface area (Å²) < 4.78 is 11.1. The van der Waals surface area contributed by atoms with Crippen molar-refractivity contribution in [2.24, 2.45) is 11.1 Å². The first-order valence-electron chi connectivity index (χ1n) is 13.0. The van der Waals surface area contributed by atoms with Crippen molar-refractivity contribution in [3.63, 3.8) is 0 Å². The molecule has 1 aliphatic heterocycles. The average molecular weight is 623 g/mol. The summed E-state index contributed by atoms with van der Waals surface area (Å²) in [5, 5.41) is 24.2. The molecule has 3 N–H and O–H groups in total. The molecule has 1 amide bonds. The Balaban J connectivity index is 1.42. The van der Waals surface area contributed by atoms with E-state index in [1.54, 1.807) is 30.2 Å². The lowest BCUT2D eigenvalue weighted by atomic mass is 9.69. The van der Waals surface area contributed by atoms with Crippen LogP contribution in [-0.4, -0.2) is 41.9 Å². The fourth-order valence-corrected chi connectivity index (χ4v) is 7.96. The third-order valence-electron chi connectivity index (χ3n) is 7.14. The Morgan fingerprint density at radius 3 is 2.71 bits per heavy atom. The van der Waals surface area contributed by atoms with Crippen molar-refractivity contribution < 1.29 is 19.1 Å². The highest BCUT2D eigenvalue weighted by Gasteiger charge is 2.46. The minimum Gasteiger partial charge on any atom is -0.497 e. The molecule has 1 atom stereocenters. The van der Waals surface area contributed by atoms with Gasteiger partial charge in [-0.25, -0.2) is 0 Å². The summed E-state index contributed by atoms with van der Waals surface area (Å²) in [6.45, 7) is 6.08. The SMILES string of the molecule is COc1ccc(NC(=O)CSc2nnc(N3C(N)=C(C#N)C(c4sccc4C)C4=C3CC(C)(C)CC4=O)s2)c(OC)c1. The fraction of sp³-hybridized carbons (Fsp3) is 0.345. The van der Waals surface area contributed by atoms with Crippen LogP contribution in [0.25, 0.3) is 0 Å². The number of anilines is 2. The van der Waals surface area contributed by atoms with Crippen molar-refractivity contribution in [3.05, 3.63) is 62.8 Å². The summed E-state index contributed by atoms with van der Waals surface area (Å²) in [6, 6.07) is 9.42. The van der Waals surface area contributed by atoms with Crippen molar-refractivity contribution in [1.82, 2.24) is 10.2 Å². The summed E-state index contributed by atoms with van der Waals surface area (Å²) in [6.07, 6.45) is 0.965. The Labute approximate surface area is 256 Å². The minimum atomic E-state index is -0.509. The average Bonchev–Trinajstić information content (AvgIpc) is 3.59. The second-order valence-corrected chi connectivity index (χ2v) is 13.8. The van der Waals surface area contributed by atoms with Gasteiger partial charge in [-0.05, 0) is 47.9 Å². The van der Waals surface area contributed by atoms with E-state index in [-0.39, 0.29) is 28.7 Å². The number of aryl methyl sites for hydroxylation is 1. The van der Waals surface area contributed by atoms with Crippen LogP contribution < -0.4 is 25.4 Å². The number of hydrogen-bond acceptors (Lipinski definition) is 12. The number of thiophene rings is 1. The summed E-state index contributed by atoms with van der Waals surface area (Å²) in [4.78, 5) is 29.1.